The van der Waals surface area contributed by atoms with E-state index < -0.39 is 0 Å². The van der Waals surface area contributed by atoms with Crippen molar-refractivity contribution < 1.29 is 4.79 Å². The standard InChI is InChI=1S/C22H28N2OS/c25-21-7-11-22(18-24(21)13-8-19-5-2-1-3-6-19)10-4-12-23(17-22)15-20-9-14-26-16-20/h1-3,5-6,9,14,16H,4,7-8,10-13,15,17-18H2. The van der Waals surface area contributed by atoms with E-state index in [0.717, 1.165) is 45.4 Å². The Hall–Kier alpha value is -1.65. The molecule has 0 saturated carbocycles. The van der Waals surface area contributed by atoms with Gasteiger partial charge >= 0.3 is 0 Å². The molecule has 1 atom stereocenters. The predicted octanol–water partition coefficient (Wildman–Crippen LogP) is 4.20. The van der Waals surface area contributed by atoms with E-state index >= 15 is 0 Å². The van der Waals surface area contributed by atoms with Crippen LogP contribution < -0.4 is 0 Å². The Morgan fingerprint density at radius 3 is 2.73 bits per heavy atom. The van der Waals surface area contributed by atoms with E-state index in [1.807, 2.05) is 0 Å². The molecule has 26 heavy (non-hydrogen) atoms. The average molecular weight is 369 g/mol. The maximum Gasteiger partial charge on any atom is 0.222 e. The Bertz CT molecular complexity index is 715. The molecule has 2 saturated heterocycles. The average Bonchev–Trinajstić information content (AvgIpc) is 3.17. The number of thiophene rings is 1. The Balaban J connectivity index is 1.38. The molecule has 2 aliphatic heterocycles. The number of nitrogens with zero attached hydrogens (tertiary/aromatic N) is 2. The molecule has 0 radical (unpaired) electrons. The molecule has 1 unspecified atom stereocenters. The third kappa shape index (κ3) is 4.18. The third-order valence-corrected chi connectivity index (χ3v) is 6.72. The fourth-order valence-corrected chi connectivity index (χ4v) is 5.29. The van der Waals surface area contributed by atoms with Crippen molar-refractivity contribution in [3.8, 4) is 0 Å². The van der Waals surface area contributed by atoms with Crippen LogP contribution in [0.15, 0.2) is 47.2 Å². The Kier molecular flexibility index (Phi) is 5.41. The first-order valence-electron chi connectivity index (χ1n) is 9.78. The van der Waals surface area contributed by atoms with Gasteiger partial charge in [-0.2, -0.15) is 11.3 Å². The maximum absolute atomic E-state index is 12.5. The van der Waals surface area contributed by atoms with Gasteiger partial charge in [-0.3, -0.25) is 9.69 Å². The van der Waals surface area contributed by atoms with E-state index in [4.69, 9.17) is 0 Å². The largest absolute Gasteiger partial charge is 0.342 e. The van der Waals surface area contributed by atoms with Gasteiger partial charge in [0.1, 0.15) is 0 Å². The summed E-state index contributed by atoms with van der Waals surface area (Å²) in [7, 11) is 0. The van der Waals surface area contributed by atoms with Crippen molar-refractivity contribution in [1.29, 1.82) is 0 Å². The van der Waals surface area contributed by atoms with Crippen molar-refractivity contribution in [2.45, 2.75) is 38.6 Å². The van der Waals surface area contributed by atoms with Crippen LogP contribution in [-0.2, 0) is 17.8 Å². The van der Waals surface area contributed by atoms with E-state index in [1.165, 1.54) is 30.5 Å². The van der Waals surface area contributed by atoms with Gasteiger partial charge in [0.2, 0.25) is 5.91 Å². The van der Waals surface area contributed by atoms with Crippen molar-refractivity contribution in [2.75, 3.05) is 26.2 Å². The zero-order valence-corrected chi connectivity index (χ0v) is 16.2. The molecule has 4 heteroatoms. The maximum atomic E-state index is 12.5. The normalized spacial score (nSPS) is 24.3. The number of amides is 1. The molecule has 2 fully saturated rings. The minimum Gasteiger partial charge on any atom is -0.342 e. The summed E-state index contributed by atoms with van der Waals surface area (Å²) in [5.74, 6) is 0.349. The molecular formula is C22H28N2OS. The van der Waals surface area contributed by atoms with Crippen molar-refractivity contribution in [1.82, 2.24) is 9.80 Å². The number of carbonyl (C=O) groups is 1. The first kappa shape index (κ1) is 17.7. The molecule has 2 aliphatic rings. The SMILES string of the molecule is O=C1CCC2(CCCN(Cc3ccsc3)C2)CN1CCc1ccccc1. The van der Waals surface area contributed by atoms with Crippen LogP contribution in [0.2, 0.25) is 0 Å². The lowest BCUT2D eigenvalue weighted by Crippen LogP contribution is -2.54. The van der Waals surface area contributed by atoms with Crippen LogP contribution in [0.5, 0.6) is 0 Å². The number of likely N-dealkylation sites (tertiary alicyclic amines) is 2. The second-order valence-corrected chi connectivity index (χ2v) is 8.78. The highest BCUT2D eigenvalue weighted by atomic mass is 32.1. The van der Waals surface area contributed by atoms with Gasteiger partial charge in [-0.1, -0.05) is 30.3 Å². The topological polar surface area (TPSA) is 23.6 Å². The molecule has 3 heterocycles. The van der Waals surface area contributed by atoms with Crippen molar-refractivity contribution in [3.05, 3.63) is 58.3 Å². The number of benzene rings is 1. The zero-order chi connectivity index (χ0) is 17.8. The van der Waals surface area contributed by atoms with Crippen LogP contribution in [-0.4, -0.2) is 41.9 Å². The van der Waals surface area contributed by atoms with Crippen LogP contribution in [0.3, 0.4) is 0 Å². The van der Waals surface area contributed by atoms with E-state index in [1.54, 1.807) is 11.3 Å². The van der Waals surface area contributed by atoms with Gasteiger partial charge in [-0.15, -0.1) is 0 Å². The molecule has 1 spiro atoms. The highest BCUT2D eigenvalue weighted by molar-refractivity contribution is 7.07. The van der Waals surface area contributed by atoms with Gasteiger partial charge in [0.15, 0.2) is 0 Å². The summed E-state index contributed by atoms with van der Waals surface area (Å²) in [5.41, 5.74) is 3.06. The molecular weight excluding hydrogens is 340 g/mol. The molecule has 2 aromatic rings. The Labute approximate surface area is 160 Å². The minimum absolute atomic E-state index is 0.304. The third-order valence-electron chi connectivity index (χ3n) is 5.99. The van der Waals surface area contributed by atoms with E-state index in [-0.39, 0.29) is 0 Å². The number of hydrogen-bond donors (Lipinski definition) is 0. The van der Waals surface area contributed by atoms with Crippen LogP contribution in [0.4, 0.5) is 0 Å². The summed E-state index contributed by atoms with van der Waals surface area (Å²) in [6.45, 7) is 5.19. The predicted molar refractivity (Wildman–Crippen MR) is 107 cm³/mol. The van der Waals surface area contributed by atoms with E-state index in [0.29, 0.717) is 11.3 Å². The summed E-state index contributed by atoms with van der Waals surface area (Å²) in [5, 5.41) is 4.43. The molecule has 1 aromatic heterocycles. The van der Waals surface area contributed by atoms with Crippen LogP contribution in [0.1, 0.15) is 36.8 Å². The molecule has 138 valence electrons. The zero-order valence-electron chi connectivity index (χ0n) is 15.4. The lowest BCUT2D eigenvalue weighted by Gasteiger charge is -2.48. The van der Waals surface area contributed by atoms with Crippen molar-refractivity contribution >= 4 is 17.2 Å². The van der Waals surface area contributed by atoms with Crippen LogP contribution in [0.25, 0.3) is 0 Å². The number of rotatable bonds is 5. The van der Waals surface area contributed by atoms with E-state index in [9.17, 15) is 4.79 Å². The van der Waals surface area contributed by atoms with Crippen LogP contribution >= 0.6 is 11.3 Å². The van der Waals surface area contributed by atoms with Crippen molar-refractivity contribution in [2.24, 2.45) is 5.41 Å². The Morgan fingerprint density at radius 2 is 1.92 bits per heavy atom. The van der Waals surface area contributed by atoms with Gasteiger partial charge in [0, 0.05) is 38.0 Å². The second-order valence-electron chi connectivity index (χ2n) is 8.00. The monoisotopic (exact) mass is 368 g/mol. The number of hydrogen-bond acceptors (Lipinski definition) is 3. The van der Waals surface area contributed by atoms with E-state index in [2.05, 4.69) is 57.0 Å². The first-order valence-corrected chi connectivity index (χ1v) is 10.7. The highest BCUT2D eigenvalue weighted by Gasteiger charge is 2.41. The quantitative estimate of drug-likeness (QED) is 0.790. The molecule has 1 aromatic carbocycles. The lowest BCUT2D eigenvalue weighted by molar-refractivity contribution is -0.139. The molecule has 4 rings (SSSR count). The number of piperidine rings is 2. The highest BCUT2D eigenvalue weighted by Crippen LogP contribution is 2.39. The minimum atomic E-state index is 0.304. The van der Waals surface area contributed by atoms with Crippen LogP contribution in [0, 0.1) is 5.41 Å². The van der Waals surface area contributed by atoms with Crippen molar-refractivity contribution in [3.63, 3.8) is 0 Å². The van der Waals surface area contributed by atoms with Gasteiger partial charge in [-0.05, 0) is 60.2 Å². The molecule has 0 N–H and O–H groups in total. The summed E-state index contributed by atoms with van der Waals surface area (Å²) >= 11 is 1.78. The van der Waals surface area contributed by atoms with Gasteiger partial charge in [0.25, 0.3) is 0 Å². The molecule has 0 bridgehead atoms. The molecule has 1 amide bonds. The number of carbonyl (C=O) groups excluding carboxylic acids is 1. The van der Waals surface area contributed by atoms with Gasteiger partial charge < -0.3 is 4.90 Å². The summed E-state index contributed by atoms with van der Waals surface area (Å²) in [6, 6.07) is 12.8. The molecule has 0 aliphatic carbocycles. The summed E-state index contributed by atoms with van der Waals surface area (Å²) in [4.78, 5) is 17.2. The fourth-order valence-electron chi connectivity index (χ4n) is 4.63. The summed E-state index contributed by atoms with van der Waals surface area (Å²) < 4.78 is 0. The smallest absolute Gasteiger partial charge is 0.222 e. The first-order chi connectivity index (χ1) is 12.7. The fraction of sp³-hybridized carbons (Fsp3) is 0.500. The van der Waals surface area contributed by atoms with Gasteiger partial charge in [-0.25, -0.2) is 0 Å². The summed E-state index contributed by atoms with van der Waals surface area (Å²) in [6.07, 6.45) is 5.27. The lowest BCUT2D eigenvalue weighted by atomic mass is 9.73. The Morgan fingerprint density at radius 1 is 1.04 bits per heavy atom. The molecule has 3 nitrogen and oxygen atoms in total. The van der Waals surface area contributed by atoms with Gasteiger partial charge in [0.05, 0.1) is 0 Å². The second kappa shape index (κ2) is 7.93.